The van der Waals surface area contributed by atoms with Gasteiger partial charge in [-0.05, 0) is 31.2 Å². The summed E-state index contributed by atoms with van der Waals surface area (Å²) in [6, 6.07) is 18.6. The third-order valence-electron chi connectivity index (χ3n) is 3.78. The average Bonchev–Trinajstić information content (AvgIpc) is 2.69. The number of amides is 1. The second kappa shape index (κ2) is 8.11. The van der Waals surface area contributed by atoms with Crippen LogP contribution in [0.3, 0.4) is 0 Å². The van der Waals surface area contributed by atoms with E-state index in [1.54, 1.807) is 18.0 Å². The maximum Gasteiger partial charge on any atom is 0.276 e. The number of carbonyl (C=O) groups excluding carboxylic acids is 1. The van der Waals surface area contributed by atoms with E-state index in [1.165, 1.54) is 6.33 Å². The highest BCUT2D eigenvalue weighted by Gasteiger charge is 2.16. The number of para-hydroxylation sites is 3. The summed E-state index contributed by atoms with van der Waals surface area (Å²) in [5.41, 5.74) is 1.89. The molecule has 0 bridgehead atoms. The number of rotatable bonds is 6. The van der Waals surface area contributed by atoms with Crippen LogP contribution < -0.4 is 15.0 Å². The molecule has 132 valence electrons. The van der Waals surface area contributed by atoms with E-state index >= 15 is 0 Å². The third kappa shape index (κ3) is 3.97. The van der Waals surface area contributed by atoms with E-state index < -0.39 is 0 Å². The third-order valence-corrected chi connectivity index (χ3v) is 3.78. The summed E-state index contributed by atoms with van der Waals surface area (Å²) < 4.78 is 5.60. The SMILES string of the molecule is CCOc1ccccc1Nc1cc(C(=O)N(C)c2ccccc2)ncn1. The van der Waals surface area contributed by atoms with E-state index in [9.17, 15) is 4.79 Å². The number of benzene rings is 2. The Morgan fingerprint density at radius 2 is 1.81 bits per heavy atom. The Labute approximate surface area is 152 Å². The van der Waals surface area contributed by atoms with Crippen LogP contribution in [0, 0.1) is 0 Å². The van der Waals surface area contributed by atoms with Crippen molar-refractivity contribution in [2.45, 2.75) is 6.92 Å². The lowest BCUT2D eigenvalue weighted by Crippen LogP contribution is -2.27. The highest BCUT2D eigenvalue weighted by atomic mass is 16.5. The van der Waals surface area contributed by atoms with E-state index in [4.69, 9.17) is 4.74 Å². The van der Waals surface area contributed by atoms with E-state index in [-0.39, 0.29) is 5.91 Å². The lowest BCUT2D eigenvalue weighted by Gasteiger charge is -2.17. The van der Waals surface area contributed by atoms with Gasteiger partial charge in [-0.3, -0.25) is 4.79 Å². The zero-order chi connectivity index (χ0) is 18.4. The number of nitrogens with one attached hydrogen (secondary N) is 1. The molecule has 0 aliphatic rings. The Morgan fingerprint density at radius 3 is 2.58 bits per heavy atom. The maximum atomic E-state index is 12.7. The number of ether oxygens (including phenoxy) is 1. The highest BCUT2D eigenvalue weighted by Crippen LogP contribution is 2.26. The minimum absolute atomic E-state index is 0.209. The molecule has 0 unspecified atom stereocenters. The van der Waals surface area contributed by atoms with E-state index in [0.717, 1.165) is 17.1 Å². The first-order valence-electron chi connectivity index (χ1n) is 8.33. The molecule has 3 aromatic rings. The average molecular weight is 348 g/mol. The van der Waals surface area contributed by atoms with Crippen molar-refractivity contribution in [3.05, 3.63) is 72.7 Å². The summed E-state index contributed by atoms with van der Waals surface area (Å²) >= 11 is 0. The van der Waals surface area contributed by atoms with Gasteiger partial charge < -0.3 is 15.0 Å². The Balaban J connectivity index is 1.81. The quantitative estimate of drug-likeness (QED) is 0.732. The molecule has 6 heteroatoms. The smallest absolute Gasteiger partial charge is 0.276 e. The normalized spacial score (nSPS) is 10.2. The molecule has 0 saturated heterocycles. The molecule has 0 fully saturated rings. The van der Waals surface area contributed by atoms with Gasteiger partial charge in [0.15, 0.2) is 0 Å². The van der Waals surface area contributed by atoms with Crippen molar-refractivity contribution in [1.29, 1.82) is 0 Å². The Bertz CT molecular complexity index is 884. The topological polar surface area (TPSA) is 67.3 Å². The monoisotopic (exact) mass is 348 g/mol. The molecule has 1 amide bonds. The van der Waals surface area contributed by atoms with Crippen LogP contribution in [0.25, 0.3) is 0 Å². The van der Waals surface area contributed by atoms with Gasteiger partial charge in [0.25, 0.3) is 5.91 Å². The first-order chi connectivity index (χ1) is 12.7. The molecule has 3 rings (SSSR count). The molecular weight excluding hydrogens is 328 g/mol. The van der Waals surface area contributed by atoms with Gasteiger partial charge in [-0.15, -0.1) is 0 Å². The minimum atomic E-state index is -0.209. The fraction of sp³-hybridized carbons (Fsp3) is 0.150. The van der Waals surface area contributed by atoms with Crippen LogP contribution in [0.2, 0.25) is 0 Å². The van der Waals surface area contributed by atoms with Crippen molar-refractivity contribution in [3.63, 3.8) is 0 Å². The summed E-state index contributed by atoms with van der Waals surface area (Å²) in [6.45, 7) is 2.49. The van der Waals surface area contributed by atoms with Gasteiger partial charge in [0.1, 0.15) is 23.6 Å². The molecule has 1 aromatic heterocycles. The summed E-state index contributed by atoms with van der Waals surface area (Å²) in [5, 5.41) is 3.18. The highest BCUT2D eigenvalue weighted by molar-refractivity contribution is 6.04. The standard InChI is InChI=1S/C20H20N4O2/c1-3-26-18-12-8-7-11-16(18)23-19-13-17(21-14-22-19)20(25)24(2)15-9-5-4-6-10-15/h4-14H,3H2,1-2H3,(H,21,22,23). The molecule has 1 heterocycles. The molecule has 26 heavy (non-hydrogen) atoms. The van der Waals surface area contributed by atoms with Crippen LogP contribution in [0.4, 0.5) is 17.2 Å². The van der Waals surface area contributed by atoms with Crippen molar-refractivity contribution in [3.8, 4) is 5.75 Å². The molecule has 0 atom stereocenters. The summed E-state index contributed by atoms with van der Waals surface area (Å²) in [5.74, 6) is 1.04. The summed E-state index contributed by atoms with van der Waals surface area (Å²) in [7, 11) is 1.72. The Kier molecular flexibility index (Phi) is 5.43. The van der Waals surface area contributed by atoms with Gasteiger partial charge in [0.05, 0.1) is 12.3 Å². The zero-order valence-electron chi connectivity index (χ0n) is 14.7. The molecule has 0 radical (unpaired) electrons. The number of aromatic nitrogens is 2. The van der Waals surface area contributed by atoms with Gasteiger partial charge >= 0.3 is 0 Å². The fourth-order valence-electron chi connectivity index (χ4n) is 2.47. The number of carbonyl (C=O) groups is 1. The van der Waals surface area contributed by atoms with Crippen molar-refractivity contribution in [2.24, 2.45) is 0 Å². The zero-order valence-corrected chi connectivity index (χ0v) is 14.7. The van der Waals surface area contributed by atoms with Gasteiger partial charge in [-0.25, -0.2) is 9.97 Å². The number of hydrogen-bond acceptors (Lipinski definition) is 5. The van der Waals surface area contributed by atoms with E-state index in [0.29, 0.717) is 18.1 Å². The van der Waals surface area contributed by atoms with Gasteiger partial charge in [0, 0.05) is 18.8 Å². The second-order valence-corrected chi connectivity index (χ2v) is 5.54. The van der Waals surface area contributed by atoms with Crippen molar-refractivity contribution >= 4 is 23.1 Å². The molecule has 1 N–H and O–H groups in total. The Hall–Kier alpha value is -3.41. The van der Waals surface area contributed by atoms with Crippen LogP contribution in [-0.4, -0.2) is 29.5 Å². The molecule has 0 saturated carbocycles. The number of anilines is 3. The van der Waals surface area contributed by atoms with E-state index in [2.05, 4.69) is 15.3 Å². The maximum absolute atomic E-state index is 12.7. The number of hydrogen-bond donors (Lipinski definition) is 1. The molecule has 0 aliphatic carbocycles. The van der Waals surface area contributed by atoms with Crippen LogP contribution in [0.15, 0.2) is 67.0 Å². The lowest BCUT2D eigenvalue weighted by atomic mass is 10.2. The van der Waals surface area contributed by atoms with Gasteiger partial charge in [-0.1, -0.05) is 30.3 Å². The van der Waals surface area contributed by atoms with Crippen molar-refractivity contribution in [1.82, 2.24) is 9.97 Å². The fourth-order valence-corrected chi connectivity index (χ4v) is 2.47. The Morgan fingerprint density at radius 1 is 1.08 bits per heavy atom. The molecule has 0 aliphatic heterocycles. The largest absolute Gasteiger partial charge is 0.492 e. The predicted octanol–water partition coefficient (Wildman–Crippen LogP) is 3.90. The second-order valence-electron chi connectivity index (χ2n) is 5.54. The molecule has 2 aromatic carbocycles. The van der Waals surface area contributed by atoms with E-state index in [1.807, 2.05) is 61.5 Å². The molecule has 0 spiro atoms. The molecule has 6 nitrogen and oxygen atoms in total. The first-order valence-corrected chi connectivity index (χ1v) is 8.33. The molecular formula is C20H20N4O2. The van der Waals surface area contributed by atoms with Crippen LogP contribution in [-0.2, 0) is 0 Å². The van der Waals surface area contributed by atoms with Crippen molar-refractivity contribution < 1.29 is 9.53 Å². The van der Waals surface area contributed by atoms with Gasteiger partial charge in [0.2, 0.25) is 0 Å². The van der Waals surface area contributed by atoms with Crippen molar-refractivity contribution in [2.75, 3.05) is 23.9 Å². The van der Waals surface area contributed by atoms with Gasteiger partial charge in [-0.2, -0.15) is 0 Å². The predicted molar refractivity (Wildman–Crippen MR) is 102 cm³/mol. The van der Waals surface area contributed by atoms with Crippen LogP contribution in [0.1, 0.15) is 17.4 Å². The first kappa shape index (κ1) is 17.4. The van der Waals surface area contributed by atoms with Crippen LogP contribution >= 0.6 is 0 Å². The summed E-state index contributed by atoms with van der Waals surface area (Å²) in [6.07, 6.45) is 1.37. The summed E-state index contributed by atoms with van der Waals surface area (Å²) in [4.78, 5) is 22.6. The lowest BCUT2D eigenvalue weighted by molar-refractivity contribution is 0.0988. The minimum Gasteiger partial charge on any atom is -0.492 e. The van der Waals surface area contributed by atoms with Crippen LogP contribution in [0.5, 0.6) is 5.75 Å². The number of nitrogens with zero attached hydrogens (tertiary/aromatic N) is 3.